The van der Waals surface area contributed by atoms with Gasteiger partial charge in [-0.25, -0.2) is 0 Å². The molecule has 0 aliphatic heterocycles. The molecule has 0 amide bonds. The van der Waals surface area contributed by atoms with Crippen LogP contribution < -0.4 is 0 Å². The fraction of sp³-hybridized carbons (Fsp3) is 0.846. The average Bonchev–Trinajstić information content (AvgIpc) is 3.02. The molecule has 0 saturated carbocycles. The molecule has 258 valence electrons. The molecule has 44 heavy (non-hydrogen) atoms. The fourth-order valence-electron chi connectivity index (χ4n) is 5.25. The van der Waals surface area contributed by atoms with Gasteiger partial charge in [-0.2, -0.15) is 0 Å². The van der Waals surface area contributed by atoms with E-state index in [1.807, 2.05) is 0 Å². The van der Waals surface area contributed by atoms with Crippen LogP contribution in [0.15, 0.2) is 24.3 Å². The maximum absolute atomic E-state index is 11.9. The number of rotatable bonds is 34. The molecule has 0 saturated heterocycles. The van der Waals surface area contributed by atoms with Gasteiger partial charge in [0, 0.05) is 12.8 Å². The zero-order valence-corrected chi connectivity index (χ0v) is 29.2. The SMILES string of the molecule is CCCCCCCCC=CCCCCCCCC(=O)OCC(O)COC(=O)CCCCCCCC=CCCCCCCCC. The van der Waals surface area contributed by atoms with Crippen LogP contribution in [0.1, 0.15) is 194 Å². The number of esters is 2. The predicted molar refractivity (Wildman–Crippen MR) is 187 cm³/mol. The Morgan fingerprint density at radius 2 is 0.727 bits per heavy atom. The lowest BCUT2D eigenvalue weighted by Gasteiger charge is -2.12. The van der Waals surface area contributed by atoms with E-state index < -0.39 is 6.10 Å². The first-order valence-electron chi connectivity index (χ1n) is 18.9. The lowest BCUT2D eigenvalue weighted by Crippen LogP contribution is -2.25. The smallest absolute Gasteiger partial charge is 0.305 e. The number of carbonyl (C=O) groups is 2. The van der Waals surface area contributed by atoms with Gasteiger partial charge < -0.3 is 14.6 Å². The molecule has 0 spiro atoms. The van der Waals surface area contributed by atoms with Crippen molar-refractivity contribution in [3.8, 4) is 0 Å². The van der Waals surface area contributed by atoms with Gasteiger partial charge in [-0.1, -0.05) is 141 Å². The summed E-state index contributed by atoms with van der Waals surface area (Å²) in [5.74, 6) is -0.581. The number of aliphatic hydroxyl groups excluding tert-OH is 1. The lowest BCUT2D eigenvalue weighted by atomic mass is 10.1. The van der Waals surface area contributed by atoms with Crippen molar-refractivity contribution in [2.24, 2.45) is 0 Å². The van der Waals surface area contributed by atoms with E-state index in [4.69, 9.17) is 9.47 Å². The summed E-state index contributed by atoms with van der Waals surface area (Å²) in [7, 11) is 0. The second-order valence-corrected chi connectivity index (χ2v) is 12.7. The first-order valence-corrected chi connectivity index (χ1v) is 18.9. The molecule has 0 radical (unpaired) electrons. The van der Waals surface area contributed by atoms with E-state index in [0.717, 1.165) is 51.4 Å². The molecule has 0 bridgehead atoms. The van der Waals surface area contributed by atoms with Crippen molar-refractivity contribution in [3.63, 3.8) is 0 Å². The summed E-state index contributed by atoms with van der Waals surface area (Å²) in [6.07, 6.45) is 40.8. The van der Waals surface area contributed by atoms with Crippen molar-refractivity contribution in [1.29, 1.82) is 0 Å². The molecule has 0 fully saturated rings. The highest BCUT2D eigenvalue weighted by Gasteiger charge is 2.12. The molecular formula is C39H72O5. The summed E-state index contributed by atoms with van der Waals surface area (Å²) in [4.78, 5) is 23.9. The molecule has 0 heterocycles. The third-order valence-corrected chi connectivity index (χ3v) is 8.16. The number of hydrogen-bond donors (Lipinski definition) is 1. The quantitative estimate of drug-likeness (QED) is 0.0440. The molecular weight excluding hydrogens is 548 g/mol. The van der Waals surface area contributed by atoms with Crippen molar-refractivity contribution < 1.29 is 24.2 Å². The number of unbranched alkanes of at least 4 members (excludes halogenated alkanes) is 22. The number of allylic oxidation sites excluding steroid dienone is 4. The van der Waals surface area contributed by atoms with Crippen LogP contribution in [0.4, 0.5) is 0 Å². The normalized spacial score (nSPS) is 12.3. The van der Waals surface area contributed by atoms with Crippen LogP contribution >= 0.6 is 0 Å². The van der Waals surface area contributed by atoms with Gasteiger partial charge in [0.2, 0.25) is 0 Å². The zero-order valence-electron chi connectivity index (χ0n) is 29.2. The Morgan fingerprint density at radius 1 is 0.455 bits per heavy atom. The van der Waals surface area contributed by atoms with Crippen LogP contribution in [0.2, 0.25) is 0 Å². The highest BCUT2D eigenvalue weighted by molar-refractivity contribution is 5.69. The van der Waals surface area contributed by atoms with E-state index in [1.54, 1.807) is 0 Å². The summed E-state index contributed by atoms with van der Waals surface area (Å²) in [6.45, 7) is 4.28. The number of aliphatic hydroxyl groups is 1. The number of carbonyl (C=O) groups excluding carboxylic acids is 2. The fourth-order valence-corrected chi connectivity index (χ4v) is 5.25. The molecule has 0 unspecified atom stereocenters. The molecule has 5 heteroatoms. The van der Waals surface area contributed by atoms with E-state index in [0.29, 0.717) is 12.8 Å². The van der Waals surface area contributed by atoms with E-state index in [1.165, 1.54) is 116 Å². The van der Waals surface area contributed by atoms with Crippen molar-refractivity contribution in [3.05, 3.63) is 24.3 Å². The van der Waals surface area contributed by atoms with Crippen molar-refractivity contribution >= 4 is 11.9 Å². The van der Waals surface area contributed by atoms with Crippen LogP contribution in [-0.2, 0) is 19.1 Å². The Balaban J connectivity index is 3.45. The Labute approximate surface area is 273 Å². The monoisotopic (exact) mass is 621 g/mol. The Morgan fingerprint density at radius 3 is 1.05 bits per heavy atom. The topological polar surface area (TPSA) is 72.8 Å². The standard InChI is InChI=1S/C39H72O5/c1-3-5-7-9-11-13-15-17-19-21-23-25-27-29-31-33-38(41)43-35-37(40)36-44-39(42)34-32-30-28-26-24-22-20-18-16-14-12-10-8-6-4-2/h17-20,37,40H,3-16,21-36H2,1-2H3. The molecule has 1 N–H and O–H groups in total. The number of hydrogen-bond acceptors (Lipinski definition) is 5. The zero-order chi connectivity index (χ0) is 32.2. The highest BCUT2D eigenvalue weighted by atomic mass is 16.6. The summed E-state index contributed by atoms with van der Waals surface area (Å²) in [6, 6.07) is 0. The third-order valence-electron chi connectivity index (χ3n) is 8.16. The minimum atomic E-state index is -0.967. The van der Waals surface area contributed by atoms with Crippen molar-refractivity contribution in [1.82, 2.24) is 0 Å². The van der Waals surface area contributed by atoms with Crippen LogP contribution in [0.5, 0.6) is 0 Å². The van der Waals surface area contributed by atoms with Gasteiger partial charge in [0.1, 0.15) is 19.3 Å². The Hall–Kier alpha value is -1.62. The van der Waals surface area contributed by atoms with Gasteiger partial charge in [-0.3, -0.25) is 9.59 Å². The number of ether oxygens (including phenoxy) is 2. The first kappa shape index (κ1) is 42.4. The average molecular weight is 621 g/mol. The lowest BCUT2D eigenvalue weighted by molar-refractivity contribution is -0.152. The van der Waals surface area contributed by atoms with Crippen LogP contribution in [0.25, 0.3) is 0 Å². The molecule has 5 nitrogen and oxygen atoms in total. The van der Waals surface area contributed by atoms with Crippen LogP contribution in [0, 0.1) is 0 Å². The van der Waals surface area contributed by atoms with Gasteiger partial charge >= 0.3 is 11.9 Å². The third kappa shape index (κ3) is 34.9. The van der Waals surface area contributed by atoms with Crippen LogP contribution in [0.3, 0.4) is 0 Å². The largest absolute Gasteiger partial charge is 0.463 e. The molecule has 0 aromatic heterocycles. The van der Waals surface area contributed by atoms with Crippen LogP contribution in [-0.4, -0.2) is 36.4 Å². The van der Waals surface area contributed by atoms with Gasteiger partial charge in [0.15, 0.2) is 0 Å². The first-order chi connectivity index (χ1) is 21.6. The van der Waals surface area contributed by atoms with E-state index >= 15 is 0 Å². The van der Waals surface area contributed by atoms with Crippen molar-refractivity contribution in [2.75, 3.05) is 13.2 Å². The summed E-state index contributed by atoms with van der Waals surface area (Å²) < 4.78 is 10.3. The molecule has 0 aliphatic carbocycles. The molecule has 0 aliphatic rings. The predicted octanol–water partition coefficient (Wildman–Crippen LogP) is 11.5. The maximum Gasteiger partial charge on any atom is 0.305 e. The minimum Gasteiger partial charge on any atom is -0.463 e. The molecule has 0 aromatic carbocycles. The van der Waals surface area contributed by atoms with Gasteiger partial charge in [-0.05, 0) is 64.2 Å². The minimum absolute atomic E-state index is 0.120. The van der Waals surface area contributed by atoms with E-state index in [-0.39, 0.29) is 25.2 Å². The molecule has 0 aromatic rings. The highest BCUT2D eigenvalue weighted by Crippen LogP contribution is 2.12. The second-order valence-electron chi connectivity index (χ2n) is 12.7. The Kier molecular flexibility index (Phi) is 34.5. The molecule has 0 atom stereocenters. The summed E-state index contributed by atoms with van der Waals surface area (Å²) >= 11 is 0. The van der Waals surface area contributed by atoms with Crippen molar-refractivity contribution in [2.45, 2.75) is 200 Å². The van der Waals surface area contributed by atoms with Gasteiger partial charge in [-0.15, -0.1) is 0 Å². The van der Waals surface area contributed by atoms with Gasteiger partial charge in [0.25, 0.3) is 0 Å². The maximum atomic E-state index is 11.9. The molecule has 0 rings (SSSR count). The summed E-state index contributed by atoms with van der Waals surface area (Å²) in [5.41, 5.74) is 0. The van der Waals surface area contributed by atoms with E-state index in [9.17, 15) is 14.7 Å². The summed E-state index contributed by atoms with van der Waals surface area (Å²) in [5, 5.41) is 9.99. The second kappa shape index (κ2) is 35.9. The van der Waals surface area contributed by atoms with Gasteiger partial charge in [0.05, 0.1) is 0 Å². The Bertz CT molecular complexity index is 615. The van der Waals surface area contributed by atoms with E-state index in [2.05, 4.69) is 38.2 Å².